The van der Waals surface area contributed by atoms with Gasteiger partial charge in [0.05, 0.1) is 27.2 Å². The molecule has 0 saturated heterocycles. The number of sulfonamides is 1. The molecular weight excluding hydrogens is 514 g/mol. The fraction of sp³-hybridized carbons (Fsp3) is 0.409. The summed E-state index contributed by atoms with van der Waals surface area (Å²) in [6.07, 6.45) is 6.15. The van der Waals surface area contributed by atoms with E-state index in [4.69, 9.17) is 4.78 Å². The summed E-state index contributed by atoms with van der Waals surface area (Å²) in [6.45, 7) is 2.13. The van der Waals surface area contributed by atoms with Crippen LogP contribution >= 0.6 is 15.9 Å². The van der Waals surface area contributed by atoms with E-state index in [0.717, 1.165) is 42.7 Å². The van der Waals surface area contributed by atoms with Gasteiger partial charge in [-0.1, -0.05) is 48.5 Å². The van der Waals surface area contributed by atoms with Gasteiger partial charge in [-0.3, -0.25) is 9.10 Å². The quantitative estimate of drug-likeness (QED) is 0.366. The topological polar surface area (TPSA) is 107 Å². The van der Waals surface area contributed by atoms with Gasteiger partial charge in [-0.25, -0.2) is 17.4 Å². The number of carbonyl (C=O) groups is 1. The van der Waals surface area contributed by atoms with Crippen molar-refractivity contribution in [3.63, 3.8) is 0 Å². The van der Waals surface area contributed by atoms with Crippen LogP contribution in [0, 0.1) is 4.78 Å². The maximum atomic E-state index is 12.8. The number of carbonyl (C=O) groups excluding carboxylic acids is 1. The number of hydrogen-bond acceptors (Lipinski definition) is 5. The Balaban J connectivity index is 2.14. The third-order valence-electron chi connectivity index (χ3n) is 5.07. The fourth-order valence-electron chi connectivity index (χ4n) is 3.12. The molecule has 10 heteroatoms. The van der Waals surface area contributed by atoms with E-state index in [1.54, 1.807) is 42.5 Å². The lowest BCUT2D eigenvalue weighted by Crippen LogP contribution is -2.27. The summed E-state index contributed by atoms with van der Waals surface area (Å²) in [5, 5.41) is 2.74. The number of unbranched alkanes of at least 4 members (excludes halogenated alkanes) is 4. The summed E-state index contributed by atoms with van der Waals surface area (Å²) >= 11 is 3.31. The molecule has 7 nitrogen and oxygen atoms in total. The second-order valence-corrected chi connectivity index (χ2v) is 12.8. The first-order valence-corrected chi connectivity index (χ1v) is 14.7. The van der Waals surface area contributed by atoms with Crippen LogP contribution in [0.1, 0.15) is 49.4 Å². The molecule has 0 spiro atoms. The lowest BCUT2D eigenvalue weighted by atomic mass is 10.1. The smallest absolute Gasteiger partial charge is 0.257 e. The van der Waals surface area contributed by atoms with Crippen molar-refractivity contribution in [3.8, 4) is 0 Å². The Morgan fingerprint density at radius 3 is 2.25 bits per heavy atom. The zero-order valence-electron chi connectivity index (χ0n) is 18.6. The molecule has 32 heavy (non-hydrogen) atoms. The van der Waals surface area contributed by atoms with E-state index in [1.165, 1.54) is 7.05 Å². The van der Waals surface area contributed by atoms with Gasteiger partial charge >= 0.3 is 0 Å². The Hall–Kier alpha value is -1.91. The molecule has 0 aliphatic rings. The summed E-state index contributed by atoms with van der Waals surface area (Å²) in [6, 6.07) is 11.2. The molecule has 2 rings (SSSR count). The van der Waals surface area contributed by atoms with Crippen molar-refractivity contribution in [3.05, 3.63) is 52.5 Å². The van der Waals surface area contributed by atoms with Crippen LogP contribution in [0.4, 0.5) is 11.4 Å². The summed E-state index contributed by atoms with van der Waals surface area (Å²) < 4.78 is 46.6. The molecule has 1 unspecified atom stereocenters. The highest BCUT2D eigenvalue weighted by atomic mass is 79.9. The summed E-state index contributed by atoms with van der Waals surface area (Å²) in [5.41, 5.74) is 0.905. The molecule has 1 atom stereocenters. The molecule has 0 fully saturated rings. The second-order valence-electron chi connectivity index (χ2n) is 7.66. The van der Waals surface area contributed by atoms with Gasteiger partial charge in [0.2, 0.25) is 10.0 Å². The monoisotopic (exact) mass is 543 g/mol. The van der Waals surface area contributed by atoms with Gasteiger partial charge in [0.25, 0.3) is 5.91 Å². The Morgan fingerprint density at radius 2 is 1.66 bits per heavy atom. The van der Waals surface area contributed by atoms with E-state index >= 15 is 0 Å². The highest BCUT2D eigenvalue weighted by Gasteiger charge is 2.20. The van der Waals surface area contributed by atoms with Crippen molar-refractivity contribution >= 4 is 53.0 Å². The highest BCUT2D eigenvalue weighted by Crippen LogP contribution is 2.27. The lowest BCUT2D eigenvalue weighted by molar-refractivity contribution is 0.102. The van der Waals surface area contributed by atoms with E-state index < -0.39 is 25.7 Å². The maximum Gasteiger partial charge on any atom is 0.257 e. The third kappa shape index (κ3) is 7.31. The lowest BCUT2D eigenvalue weighted by Gasteiger charge is -2.20. The van der Waals surface area contributed by atoms with Crippen LogP contribution in [0.3, 0.4) is 0 Å². The van der Waals surface area contributed by atoms with Crippen LogP contribution in [-0.4, -0.2) is 37.6 Å². The number of nitrogens with one attached hydrogen (secondary N) is 2. The predicted octanol–water partition coefficient (Wildman–Crippen LogP) is 5.47. The van der Waals surface area contributed by atoms with Crippen molar-refractivity contribution in [2.45, 2.75) is 43.9 Å². The van der Waals surface area contributed by atoms with Gasteiger partial charge in [-0.05, 0) is 48.9 Å². The Labute approximate surface area is 199 Å². The number of rotatable bonds is 11. The predicted molar refractivity (Wildman–Crippen MR) is 135 cm³/mol. The van der Waals surface area contributed by atoms with Crippen LogP contribution in [0.15, 0.2) is 51.8 Å². The van der Waals surface area contributed by atoms with Crippen LogP contribution < -0.4 is 9.62 Å². The van der Waals surface area contributed by atoms with Crippen molar-refractivity contribution in [2.24, 2.45) is 0 Å². The van der Waals surface area contributed by atoms with Gasteiger partial charge in [-0.15, -0.1) is 0 Å². The molecule has 2 N–H and O–H groups in total. The number of benzene rings is 2. The standard InChI is InChI=1S/C22H30BrN3O4S2/c1-4-5-6-7-8-15-32(24,30)19-12-10-18(11-13-19)25-22(27)20-14-9-17(23)16-21(20)26(2)31(3,28)29/h9-14,16,24H,4-8,15H2,1-3H3,(H,25,27). The fourth-order valence-corrected chi connectivity index (χ4v) is 5.40. The molecule has 2 aromatic carbocycles. The molecule has 0 radical (unpaired) electrons. The summed E-state index contributed by atoms with van der Waals surface area (Å²) in [4.78, 5) is 13.3. The first-order valence-electron chi connectivity index (χ1n) is 10.4. The van der Waals surface area contributed by atoms with Gasteiger partial charge < -0.3 is 5.32 Å². The average Bonchev–Trinajstić information content (AvgIpc) is 2.72. The minimum atomic E-state index is -3.56. The molecule has 0 saturated carbocycles. The normalized spacial score (nSPS) is 13.4. The zero-order valence-corrected chi connectivity index (χ0v) is 21.8. The summed E-state index contributed by atoms with van der Waals surface area (Å²) in [7, 11) is -5.05. The molecule has 0 heterocycles. The Morgan fingerprint density at radius 1 is 1.03 bits per heavy atom. The van der Waals surface area contributed by atoms with Crippen LogP contribution in [0.5, 0.6) is 0 Å². The third-order valence-corrected chi connectivity index (χ3v) is 8.65. The van der Waals surface area contributed by atoms with Crippen molar-refractivity contribution in [1.29, 1.82) is 4.78 Å². The number of nitrogens with zero attached hydrogens (tertiary/aromatic N) is 1. The van der Waals surface area contributed by atoms with Gasteiger partial charge in [0.15, 0.2) is 0 Å². The van der Waals surface area contributed by atoms with E-state index in [1.807, 2.05) is 0 Å². The van der Waals surface area contributed by atoms with Crippen molar-refractivity contribution < 1.29 is 17.4 Å². The molecule has 0 bridgehead atoms. The van der Waals surface area contributed by atoms with Crippen molar-refractivity contribution in [1.82, 2.24) is 0 Å². The molecular formula is C22H30BrN3O4S2. The van der Waals surface area contributed by atoms with Crippen LogP contribution in [0.2, 0.25) is 0 Å². The maximum absolute atomic E-state index is 12.8. The summed E-state index contributed by atoms with van der Waals surface area (Å²) in [5.74, 6) is -0.152. The molecule has 0 aliphatic heterocycles. The molecule has 2 aromatic rings. The Kier molecular flexibility index (Phi) is 9.29. The van der Waals surface area contributed by atoms with E-state index in [-0.39, 0.29) is 11.3 Å². The first-order chi connectivity index (χ1) is 15.0. The van der Waals surface area contributed by atoms with E-state index in [2.05, 4.69) is 28.2 Å². The largest absolute Gasteiger partial charge is 0.322 e. The van der Waals surface area contributed by atoms with E-state index in [0.29, 0.717) is 20.8 Å². The van der Waals surface area contributed by atoms with E-state index in [9.17, 15) is 17.4 Å². The average molecular weight is 545 g/mol. The zero-order chi connectivity index (χ0) is 23.9. The molecule has 1 amide bonds. The second kappa shape index (κ2) is 11.3. The SMILES string of the molecule is CCCCCCCS(=N)(=O)c1ccc(NC(=O)c2ccc(Br)cc2N(C)S(C)(=O)=O)cc1. The van der Waals surface area contributed by atoms with Crippen LogP contribution in [0.25, 0.3) is 0 Å². The highest BCUT2D eigenvalue weighted by molar-refractivity contribution is 9.10. The molecule has 0 aromatic heterocycles. The van der Waals surface area contributed by atoms with Gasteiger partial charge in [0.1, 0.15) is 0 Å². The van der Waals surface area contributed by atoms with Gasteiger partial charge in [-0.2, -0.15) is 0 Å². The Bertz CT molecular complexity index is 1150. The minimum absolute atomic E-state index is 0.196. The minimum Gasteiger partial charge on any atom is -0.322 e. The number of anilines is 2. The molecule has 176 valence electrons. The van der Waals surface area contributed by atoms with Crippen LogP contribution in [-0.2, 0) is 19.8 Å². The molecule has 0 aliphatic carbocycles. The number of amides is 1. The van der Waals surface area contributed by atoms with Gasteiger partial charge in [0, 0.05) is 27.9 Å². The number of halogens is 1. The number of hydrogen-bond donors (Lipinski definition) is 2. The van der Waals surface area contributed by atoms with Crippen molar-refractivity contribution in [2.75, 3.05) is 28.7 Å². The first kappa shape index (κ1) is 26.3.